The second-order valence-corrected chi connectivity index (χ2v) is 9.34. The minimum atomic E-state index is 0.318. The van der Waals surface area contributed by atoms with Crippen molar-refractivity contribution in [1.82, 2.24) is 19.9 Å². The summed E-state index contributed by atoms with van der Waals surface area (Å²) in [6, 6.07) is 10.4. The Morgan fingerprint density at radius 1 is 1.13 bits per heavy atom. The van der Waals surface area contributed by atoms with Crippen molar-refractivity contribution in [3.63, 3.8) is 0 Å². The van der Waals surface area contributed by atoms with E-state index < -0.39 is 0 Å². The molecule has 4 rings (SSSR count). The molecule has 0 saturated carbocycles. The van der Waals surface area contributed by atoms with Gasteiger partial charge in [0.15, 0.2) is 0 Å². The molecule has 0 aromatic carbocycles. The van der Waals surface area contributed by atoms with E-state index in [2.05, 4.69) is 46.2 Å². The van der Waals surface area contributed by atoms with E-state index in [1.165, 1.54) is 16.2 Å². The van der Waals surface area contributed by atoms with Crippen LogP contribution in [0, 0.1) is 17.2 Å². The van der Waals surface area contributed by atoms with Crippen molar-refractivity contribution in [3.05, 3.63) is 64.0 Å². The Hall–Kier alpha value is -2.82. The van der Waals surface area contributed by atoms with Crippen molar-refractivity contribution in [2.45, 2.75) is 45.7 Å². The summed E-state index contributed by atoms with van der Waals surface area (Å²) in [5.74, 6) is 1.37. The second kappa shape index (κ2) is 9.33. The number of nitrogens with zero attached hydrogens (tertiary/aromatic N) is 5. The lowest BCUT2D eigenvalue weighted by molar-refractivity contribution is 0.246. The maximum atomic E-state index is 8.84. The van der Waals surface area contributed by atoms with Gasteiger partial charge in [-0.2, -0.15) is 5.26 Å². The predicted molar refractivity (Wildman–Crippen MR) is 120 cm³/mol. The van der Waals surface area contributed by atoms with Gasteiger partial charge in [-0.15, -0.1) is 11.3 Å². The van der Waals surface area contributed by atoms with Crippen LogP contribution < -0.4 is 5.32 Å². The molecule has 7 heteroatoms. The first-order valence-electron chi connectivity index (χ1n) is 10.4. The van der Waals surface area contributed by atoms with Gasteiger partial charge in [0, 0.05) is 16.3 Å². The molecule has 3 aromatic heterocycles. The molecule has 154 valence electrons. The summed E-state index contributed by atoms with van der Waals surface area (Å²) in [4.78, 5) is 18.7. The van der Waals surface area contributed by atoms with Crippen molar-refractivity contribution in [3.8, 4) is 6.07 Å². The van der Waals surface area contributed by atoms with Gasteiger partial charge in [-0.25, -0.2) is 9.97 Å². The number of nitrogens with one attached hydrogen (secondary N) is 1. The fourth-order valence-corrected chi connectivity index (χ4v) is 5.08. The third kappa shape index (κ3) is 5.02. The number of aromatic nitrogens is 3. The average molecular weight is 419 g/mol. The van der Waals surface area contributed by atoms with Gasteiger partial charge in [0.25, 0.3) is 0 Å². The number of thiophene rings is 1. The molecule has 3 aromatic rings. The molecule has 4 heterocycles. The number of hydrogen-bond donors (Lipinski definition) is 1. The van der Waals surface area contributed by atoms with Crippen molar-refractivity contribution in [2.24, 2.45) is 5.92 Å². The van der Waals surface area contributed by atoms with Gasteiger partial charge in [0.2, 0.25) is 0 Å². The highest BCUT2D eigenvalue weighted by Gasteiger charge is 2.27. The first-order chi connectivity index (χ1) is 14.6. The highest BCUT2D eigenvalue weighted by Crippen LogP contribution is 2.33. The van der Waals surface area contributed by atoms with Crippen LogP contribution in [0.3, 0.4) is 0 Å². The van der Waals surface area contributed by atoms with Crippen LogP contribution in [0.1, 0.15) is 53.9 Å². The van der Waals surface area contributed by atoms with Crippen LogP contribution in [-0.4, -0.2) is 26.4 Å². The molecular weight excluding hydrogens is 392 g/mol. The third-order valence-corrected chi connectivity index (χ3v) is 6.31. The number of rotatable bonds is 7. The number of likely N-dealkylation sites (tertiary alicyclic amines) is 1. The van der Waals surface area contributed by atoms with Gasteiger partial charge in [-0.05, 0) is 56.0 Å². The van der Waals surface area contributed by atoms with Crippen LogP contribution in [0.5, 0.6) is 0 Å². The van der Waals surface area contributed by atoms with Crippen molar-refractivity contribution < 1.29 is 0 Å². The fraction of sp³-hybridized carbons (Fsp3) is 0.391. The van der Waals surface area contributed by atoms with Crippen LogP contribution in [0.4, 0.5) is 11.5 Å². The topological polar surface area (TPSA) is 77.7 Å². The predicted octanol–water partition coefficient (Wildman–Crippen LogP) is 5.08. The Kier molecular flexibility index (Phi) is 6.36. The summed E-state index contributed by atoms with van der Waals surface area (Å²) in [6.07, 6.45) is 8.74. The molecule has 1 atom stereocenters. The normalized spacial score (nSPS) is 16.7. The number of hydrogen-bond acceptors (Lipinski definition) is 7. The second-order valence-electron chi connectivity index (χ2n) is 8.09. The van der Waals surface area contributed by atoms with E-state index in [0.717, 1.165) is 37.3 Å². The van der Waals surface area contributed by atoms with Gasteiger partial charge in [-0.3, -0.25) is 9.88 Å². The van der Waals surface area contributed by atoms with Crippen LogP contribution >= 0.6 is 11.3 Å². The molecule has 0 spiro atoms. The Morgan fingerprint density at radius 2 is 2.00 bits per heavy atom. The highest BCUT2D eigenvalue weighted by molar-refractivity contribution is 7.11. The van der Waals surface area contributed by atoms with Crippen LogP contribution in [0.2, 0.25) is 0 Å². The zero-order chi connectivity index (χ0) is 20.9. The first kappa shape index (κ1) is 20.5. The molecule has 1 aliphatic rings. The number of nitriles is 1. The Morgan fingerprint density at radius 3 is 2.70 bits per heavy atom. The van der Waals surface area contributed by atoms with E-state index in [4.69, 9.17) is 10.2 Å². The molecular formula is C23H26N6S. The van der Waals surface area contributed by atoms with Gasteiger partial charge >= 0.3 is 0 Å². The minimum Gasteiger partial charge on any atom is -0.338 e. The largest absolute Gasteiger partial charge is 0.338 e. The van der Waals surface area contributed by atoms with Gasteiger partial charge in [0.05, 0.1) is 36.0 Å². The Bertz CT molecular complexity index is 1000. The van der Waals surface area contributed by atoms with E-state index in [-0.39, 0.29) is 0 Å². The number of anilines is 2. The van der Waals surface area contributed by atoms with Crippen LogP contribution in [0.15, 0.2) is 42.9 Å². The van der Waals surface area contributed by atoms with Crippen LogP contribution in [-0.2, 0) is 13.0 Å². The van der Waals surface area contributed by atoms with Crippen molar-refractivity contribution in [2.75, 3.05) is 11.9 Å². The molecule has 0 aliphatic carbocycles. The standard InChI is InChI=1S/C23H26N6S/c1-16(2)10-19-7-8-20(30-19)15-29-9-3-4-22(29)21-13-27-23(14-26-21)28-18-6-5-17(11-24)25-12-18/h5-8,12-14,16,22H,3-4,9-10,15H2,1-2H3,(H,27,28)/t22-/m0/s1. The summed E-state index contributed by atoms with van der Waals surface area (Å²) in [6.45, 7) is 6.61. The summed E-state index contributed by atoms with van der Waals surface area (Å²) in [7, 11) is 0. The lowest BCUT2D eigenvalue weighted by Gasteiger charge is -2.23. The molecule has 30 heavy (non-hydrogen) atoms. The molecule has 1 N–H and O–H groups in total. The zero-order valence-electron chi connectivity index (χ0n) is 17.4. The summed E-state index contributed by atoms with van der Waals surface area (Å²) < 4.78 is 0. The van der Waals surface area contributed by atoms with E-state index in [1.807, 2.05) is 29.7 Å². The minimum absolute atomic E-state index is 0.318. The van der Waals surface area contributed by atoms with E-state index in [9.17, 15) is 0 Å². The smallest absolute Gasteiger partial charge is 0.148 e. The van der Waals surface area contributed by atoms with E-state index >= 15 is 0 Å². The monoisotopic (exact) mass is 418 g/mol. The summed E-state index contributed by atoms with van der Waals surface area (Å²) >= 11 is 1.94. The lowest BCUT2D eigenvalue weighted by Crippen LogP contribution is -2.23. The van der Waals surface area contributed by atoms with E-state index in [0.29, 0.717) is 23.5 Å². The van der Waals surface area contributed by atoms with Gasteiger partial charge in [-0.1, -0.05) is 13.8 Å². The lowest BCUT2D eigenvalue weighted by atomic mass is 10.1. The molecule has 1 saturated heterocycles. The molecule has 0 radical (unpaired) electrons. The number of pyridine rings is 1. The maximum absolute atomic E-state index is 8.84. The molecule has 1 aliphatic heterocycles. The quantitative estimate of drug-likeness (QED) is 0.576. The van der Waals surface area contributed by atoms with Gasteiger partial charge in [0.1, 0.15) is 17.6 Å². The highest BCUT2D eigenvalue weighted by atomic mass is 32.1. The molecule has 1 fully saturated rings. The zero-order valence-corrected chi connectivity index (χ0v) is 18.2. The first-order valence-corrected chi connectivity index (χ1v) is 11.2. The molecule has 0 unspecified atom stereocenters. The average Bonchev–Trinajstić information content (AvgIpc) is 3.38. The Balaban J connectivity index is 1.40. The fourth-order valence-electron chi connectivity index (χ4n) is 3.83. The summed E-state index contributed by atoms with van der Waals surface area (Å²) in [5.41, 5.74) is 2.20. The molecule has 6 nitrogen and oxygen atoms in total. The van der Waals surface area contributed by atoms with Crippen LogP contribution in [0.25, 0.3) is 0 Å². The third-order valence-electron chi connectivity index (χ3n) is 5.21. The SMILES string of the molecule is CC(C)Cc1ccc(CN2CCC[C@H]2c2cnc(Nc3ccc(C#N)nc3)cn2)s1. The molecule has 0 bridgehead atoms. The molecule has 0 amide bonds. The maximum Gasteiger partial charge on any atom is 0.148 e. The van der Waals surface area contributed by atoms with E-state index in [1.54, 1.807) is 18.5 Å². The van der Waals surface area contributed by atoms with Gasteiger partial charge < -0.3 is 5.32 Å². The summed E-state index contributed by atoms with van der Waals surface area (Å²) in [5, 5.41) is 12.0. The van der Waals surface area contributed by atoms with Crippen molar-refractivity contribution in [1.29, 1.82) is 5.26 Å². The Labute approximate surface area is 181 Å². The van der Waals surface area contributed by atoms with Crippen molar-refractivity contribution >= 4 is 22.8 Å².